The van der Waals surface area contributed by atoms with Gasteiger partial charge in [-0.15, -0.1) is 0 Å². The summed E-state index contributed by atoms with van der Waals surface area (Å²) in [4.78, 5) is 0. The highest BCUT2D eigenvalue weighted by atomic mass is 35.5. The number of aromatic nitrogens is 2. The van der Waals surface area contributed by atoms with Crippen LogP contribution in [0.25, 0.3) is 0 Å². The Bertz CT molecular complexity index is 637. The first kappa shape index (κ1) is 16.0. The Labute approximate surface area is 135 Å². The molecule has 0 saturated carbocycles. The smallest absolute Gasteiger partial charge is 0.148 e. The summed E-state index contributed by atoms with van der Waals surface area (Å²) in [6, 6.07) is 5.49. The maximum Gasteiger partial charge on any atom is 0.148 e. The minimum absolute atomic E-state index is 0.00180. The minimum atomic E-state index is 0.00180. The van der Waals surface area contributed by atoms with Crippen LogP contribution in [0.3, 0.4) is 0 Å². The van der Waals surface area contributed by atoms with Crippen LogP contribution in [-0.4, -0.2) is 9.78 Å². The molecule has 0 aliphatic heterocycles. The van der Waals surface area contributed by atoms with E-state index in [1.54, 1.807) is 10.7 Å². The van der Waals surface area contributed by atoms with E-state index in [-0.39, 0.29) is 6.04 Å². The van der Waals surface area contributed by atoms with Gasteiger partial charge in [0.15, 0.2) is 0 Å². The van der Waals surface area contributed by atoms with Gasteiger partial charge in [-0.3, -0.25) is 4.68 Å². The number of anilines is 2. The van der Waals surface area contributed by atoms with Gasteiger partial charge in [-0.1, -0.05) is 42.6 Å². The van der Waals surface area contributed by atoms with Crippen molar-refractivity contribution in [2.75, 3.05) is 11.1 Å². The molecule has 114 valence electrons. The highest BCUT2D eigenvalue weighted by molar-refractivity contribution is 6.35. The molecule has 2 rings (SSSR count). The highest BCUT2D eigenvalue weighted by Crippen LogP contribution is 2.31. The van der Waals surface area contributed by atoms with Crippen molar-refractivity contribution in [3.05, 3.63) is 39.5 Å². The number of hydrogen-bond acceptors (Lipinski definition) is 3. The molecule has 0 amide bonds. The lowest BCUT2D eigenvalue weighted by Crippen LogP contribution is -2.11. The van der Waals surface area contributed by atoms with Gasteiger partial charge in [0.05, 0.1) is 17.4 Å². The van der Waals surface area contributed by atoms with E-state index in [9.17, 15) is 0 Å². The third-order valence-corrected chi connectivity index (χ3v) is 3.99. The van der Waals surface area contributed by atoms with Gasteiger partial charge in [0, 0.05) is 17.1 Å². The fraction of sp³-hybridized carbons (Fsp3) is 0.400. The number of nitrogen functional groups attached to an aromatic ring is 1. The van der Waals surface area contributed by atoms with Crippen LogP contribution in [0.1, 0.15) is 37.6 Å². The highest BCUT2D eigenvalue weighted by Gasteiger charge is 2.17. The van der Waals surface area contributed by atoms with Gasteiger partial charge in [0.25, 0.3) is 0 Å². The first-order valence-electron chi connectivity index (χ1n) is 6.96. The third-order valence-electron chi connectivity index (χ3n) is 3.43. The Kier molecular flexibility index (Phi) is 5.01. The molecule has 1 aromatic heterocycles. The lowest BCUT2D eigenvalue weighted by molar-refractivity contribution is 0.725. The molecule has 4 nitrogen and oxygen atoms in total. The van der Waals surface area contributed by atoms with Crippen molar-refractivity contribution in [2.24, 2.45) is 7.05 Å². The van der Waals surface area contributed by atoms with Gasteiger partial charge in [-0.05, 0) is 31.0 Å². The van der Waals surface area contributed by atoms with E-state index in [1.165, 1.54) is 0 Å². The van der Waals surface area contributed by atoms with E-state index in [0.717, 1.165) is 29.9 Å². The van der Waals surface area contributed by atoms with Gasteiger partial charge < -0.3 is 11.1 Å². The van der Waals surface area contributed by atoms with Crippen LogP contribution in [-0.2, 0) is 13.5 Å². The van der Waals surface area contributed by atoms with Crippen LogP contribution in [0.15, 0.2) is 18.2 Å². The molecule has 0 radical (unpaired) electrons. The molecule has 0 aliphatic rings. The van der Waals surface area contributed by atoms with E-state index in [2.05, 4.69) is 17.3 Å². The maximum absolute atomic E-state index is 6.25. The van der Waals surface area contributed by atoms with E-state index < -0.39 is 0 Å². The summed E-state index contributed by atoms with van der Waals surface area (Å²) in [6.07, 6.45) is 1.89. The average molecular weight is 327 g/mol. The largest absolute Gasteiger partial charge is 0.394 e. The van der Waals surface area contributed by atoms with Gasteiger partial charge in [-0.2, -0.15) is 5.10 Å². The molecule has 1 heterocycles. The summed E-state index contributed by atoms with van der Waals surface area (Å²) in [6.45, 7) is 4.14. The van der Waals surface area contributed by atoms with Gasteiger partial charge >= 0.3 is 0 Å². The summed E-state index contributed by atoms with van der Waals surface area (Å²) < 4.78 is 1.78. The van der Waals surface area contributed by atoms with Crippen molar-refractivity contribution in [3.63, 3.8) is 0 Å². The molecule has 0 aliphatic carbocycles. The fourth-order valence-electron chi connectivity index (χ4n) is 2.32. The van der Waals surface area contributed by atoms with Gasteiger partial charge in [0.2, 0.25) is 0 Å². The summed E-state index contributed by atoms with van der Waals surface area (Å²) in [5, 5.41) is 9.10. The normalized spacial score (nSPS) is 12.4. The van der Waals surface area contributed by atoms with E-state index in [4.69, 9.17) is 28.9 Å². The molecule has 0 saturated heterocycles. The fourth-order valence-corrected chi connectivity index (χ4v) is 2.90. The molecule has 6 heteroatoms. The number of nitrogens with zero attached hydrogens (tertiary/aromatic N) is 2. The zero-order valence-corrected chi connectivity index (χ0v) is 14.0. The van der Waals surface area contributed by atoms with Crippen molar-refractivity contribution in [1.29, 1.82) is 0 Å². The first-order chi connectivity index (χ1) is 9.93. The predicted octanol–water partition coefficient (Wildman–Crippen LogP) is 4.43. The van der Waals surface area contributed by atoms with Crippen LogP contribution < -0.4 is 11.1 Å². The Morgan fingerprint density at radius 1 is 1.38 bits per heavy atom. The van der Waals surface area contributed by atoms with Crippen molar-refractivity contribution in [1.82, 2.24) is 9.78 Å². The molecule has 1 aromatic carbocycles. The van der Waals surface area contributed by atoms with Gasteiger partial charge in [-0.25, -0.2) is 0 Å². The Balaban J connectivity index is 2.25. The lowest BCUT2D eigenvalue weighted by Gasteiger charge is -2.17. The summed E-state index contributed by atoms with van der Waals surface area (Å²) in [5.41, 5.74) is 8.78. The van der Waals surface area contributed by atoms with Crippen LogP contribution >= 0.6 is 23.2 Å². The summed E-state index contributed by atoms with van der Waals surface area (Å²) >= 11 is 12.2. The van der Waals surface area contributed by atoms with Crippen molar-refractivity contribution < 1.29 is 0 Å². The second kappa shape index (κ2) is 6.58. The Morgan fingerprint density at radius 2 is 2.10 bits per heavy atom. The molecular weight excluding hydrogens is 307 g/mol. The molecule has 0 spiro atoms. The number of aryl methyl sites for hydroxylation is 2. The molecule has 0 fully saturated rings. The zero-order chi connectivity index (χ0) is 15.6. The number of benzene rings is 1. The van der Waals surface area contributed by atoms with Crippen LogP contribution in [0.4, 0.5) is 11.5 Å². The number of nitrogens with one attached hydrogen (secondary N) is 1. The monoisotopic (exact) mass is 326 g/mol. The topological polar surface area (TPSA) is 55.9 Å². The number of hydrogen-bond donors (Lipinski definition) is 2. The van der Waals surface area contributed by atoms with Crippen molar-refractivity contribution in [2.45, 2.75) is 32.7 Å². The quantitative estimate of drug-likeness (QED) is 0.854. The van der Waals surface area contributed by atoms with Crippen LogP contribution in [0.2, 0.25) is 10.0 Å². The van der Waals surface area contributed by atoms with Crippen LogP contribution in [0, 0.1) is 0 Å². The van der Waals surface area contributed by atoms with E-state index in [0.29, 0.717) is 15.7 Å². The lowest BCUT2D eigenvalue weighted by atomic mass is 10.1. The summed E-state index contributed by atoms with van der Waals surface area (Å²) in [7, 11) is 1.88. The standard InChI is InChI=1S/C15H20Cl2N4/c1-4-5-13-14(18)15(21(3)20-13)19-9(2)11-7-6-10(16)8-12(11)17/h6-9,19H,4-5,18H2,1-3H3. The Morgan fingerprint density at radius 3 is 2.71 bits per heavy atom. The number of halogens is 2. The molecule has 3 N–H and O–H groups in total. The summed E-state index contributed by atoms with van der Waals surface area (Å²) in [5.74, 6) is 0.817. The second-order valence-corrected chi connectivity index (χ2v) is 5.96. The number of nitrogens with two attached hydrogens (primary N) is 1. The average Bonchev–Trinajstić information content (AvgIpc) is 2.67. The van der Waals surface area contributed by atoms with E-state index in [1.807, 2.05) is 26.1 Å². The third kappa shape index (κ3) is 3.44. The SMILES string of the molecule is CCCc1nn(C)c(NC(C)c2ccc(Cl)cc2Cl)c1N. The maximum atomic E-state index is 6.25. The van der Waals surface area contributed by atoms with Crippen molar-refractivity contribution >= 4 is 34.7 Å². The predicted molar refractivity (Wildman–Crippen MR) is 90.1 cm³/mol. The second-order valence-electron chi connectivity index (χ2n) is 5.11. The molecular formula is C15H20Cl2N4. The number of rotatable bonds is 5. The zero-order valence-electron chi connectivity index (χ0n) is 12.5. The molecule has 2 aromatic rings. The molecule has 21 heavy (non-hydrogen) atoms. The van der Waals surface area contributed by atoms with Crippen molar-refractivity contribution in [3.8, 4) is 0 Å². The Hall–Kier alpha value is -1.39. The van der Waals surface area contributed by atoms with Crippen LogP contribution in [0.5, 0.6) is 0 Å². The van der Waals surface area contributed by atoms with Gasteiger partial charge in [0.1, 0.15) is 5.82 Å². The minimum Gasteiger partial charge on any atom is -0.394 e. The van der Waals surface area contributed by atoms with E-state index >= 15 is 0 Å². The molecule has 0 bridgehead atoms. The first-order valence-corrected chi connectivity index (χ1v) is 7.72. The molecule has 1 atom stereocenters. The molecule has 1 unspecified atom stereocenters.